The van der Waals surface area contributed by atoms with E-state index in [1.54, 1.807) is 0 Å². The lowest BCUT2D eigenvalue weighted by Gasteiger charge is -2.07. The Hall–Kier alpha value is -1.97. The Labute approximate surface area is 146 Å². The first-order valence-electron chi connectivity index (χ1n) is 8.17. The van der Waals surface area contributed by atoms with Crippen molar-refractivity contribution in [3.05, 3.63) is 27.7 Å². The Kier molecular flexibility index (Phi) is 5.36. The number of hydrogen-bond donors (Lipinski definition) is 1. The Morgan fingerprint density at radius 1 is 1.28 bits per heavy atom. The molecule has 1 N–H and O–H groups in total. The van der Waals surface area contributed by atoms with E-state index in [1.807, 2.05) is 0 Å². The minimum absolute atomic E-state index is 0.200. The van der Waals surface area contributed by atoms with E-state index in [-0.39, 0.29) is 5.69 Å². The third-order valence-corrected chi connectivity index (χ3v) is 4.92. The molecule has 0 unspecified atom stereocenters. The fourth-order valence-electron chi connectivity index (χ4n) is 2.78. The summed E-state index contributed by atoms with van der Waals surface area (Å²) in [6, 6.07) is 0. The van der Waals surface area contributed by atoms with Crippen LogP contribution in [0.15, 0.2) is 5.38 Å². The van der Waals surface area contributed by atoms with Crippen LogP contribution in [-0.2, 0) is 25.6 Å². The van der Waals surface area contributed by atoms with Gasteiger partial charge >= 0.3 is 6.18 Å². The quantitative estimate of drug-likeness (QED) is 0.818. The molecule has 0 saturated carbocycles. The minimum atomic E-state index is -4.52. The molecule has 0 fully saturated rings. The van der Waals surface area contributed by atoms with Gasteiger partial charge in [-0.15, -0.1) is 21.5 Å². The zero-order valence-electron chi connectivity index (χ0n) is 13.5. The van der Waals surface area contributed by atoms with E-state index >= 15 is 0 Å². The van der Waals surface area contributed by atoms with E-state index in [1.165, 1.54) is 6.42 Å². The molecular formula is C15H18F3N5OS. The lowest BCUT2D eigenvalue weighted by atomic mass is 10.2. The molecule has 6 nitrogen and oxygen atoms in total. The standard InChI is InChI=1S/C15H18F3N5OS/c16-15(17,18)14-20-10(9-25-14)13(24)19-7-4-6-12-22-21-11-5-2-1-3-8-23(11)12/h9H,1-8H2,(H,19,24). The van der Waals surface area contributed by atoms with Crippen molar-refractivity contribution >= 4 is 17.2 Å². The number of amides is 1. The molecule has 1 aliphatic heterocycles. The van der Waals surface area contributed by atoms with Gasteiger partial charge in [-0.2, -0.15) is 13.2 Å². The molecule has 0 aromatic carbocycles. The molecule has 25 heavy (non-hydrogen) atoms. The van der Waals surface area contributed by atoms with Crippen molar-refractivity contribution in [2.45, 2.75) is 51.2 Å². The lowest BCUT2D eigenvalue weighted by Crippen LogP contribution is -2.25. The zero-order valence-corrected chi connectivity index (χ0v) is 14.3. The Balaban J connectivity index is 1.48. The Bertz CT molecular complexity index is 740. The number of thiazole rings is 1. The molecule has 1 aliphatic rings. The van der Waals surface area contributed by atoms with Crippen LogP contribution in [-0.4, -0.2) is 32.2 Å². The van der Waals surface area contributed by atoms with Crippen molar-refractivity contribution in [2.75, 3.05) is 6.54 Å². The molecule has 2 aromatic heterocycles. The molecule has 0 radical (unpaired) electrons. The van der Waals surface area contributed by atoms with Crippen LogP contribution >= 0.6 is 11.3 Å². The molecule has 0 bridgehead atoms. The van der Waals surface area contributed by atoms with Crippen molar-refractivity contribution in [1.29, 1.82) is 0 Å². The number of aromatic nitrogens is 4. The third kappa shape index (κ3) is 4.36. The number of fused-ring (bicyclic) bond motifs is 1. The summed E-state index contributed by atoms with van der Waals surface area (Å²) < 4.78 is 39.6. The average Bonchev–Trinajstić information content (AvgIpc) is 3.13. The lowest BCUT2D eigenvalue weighted by molar-refractivity contribution is -0.137. The van der Waals surface area contributed by atoms with Crippen LogP contribution in [0.5, 0.6) is 0 Å². The highest BCUT2D eigenvalue weighted by Crippen LogP contribution is 2.31. The predicted molar refractivity (Wildman–Crippen MR) is 85.3 cm³/mol. The number of rotatable bonds is 5. The van der Waals surface area contributed by atoms with Gasteiger partial charge in [0, 0.05) is 31.3 Å². The monoisotopic (exact) mass is 373 g/mol. The molecule has 1 amide bonds. The molecule has 3 rings (SSSR count). The van der Waals surface area contributed by atoms with Gasteiger partial charge in [0.2, 0.25) is 0 Å². The largest absolute Gasteiger partial charge is 0.443 e. The van der Waals surface area contributed by atoms with E-state index in [2.05, 4.69) is 25.1 Å². The first-order valence-corrected chi connectivity index (χ1v) is 9.05. The highest BCUT2D eigenvalue weighted by Gasteiger charge is 2.35. The van der Waals surface area contributed by atoms with Gasteiger partial charge in [0.1, 0.15) is 17.3 Å². The molecule has 136 valence electrons. The molecule has 3 heterocycles. The van der Waals surface area contributed by atoms with Gasteiger partial charge in [-0.1, -0.05) is 6.42 Å². The van der Waals surface area contributed by atoms with Gasteiger partial charge < -0.3 is 9.88 Å². The van der Waals surface area contributed by atoms with Gasteiger partial charge in [-0.05, 0) is 19.3 Å². The number of nitrogens with zero attached hydrogens (tertiary/aromatic N) is 4. The fourth-order valence-corrected chi connectivity index (χ4v) is 3.45. The number of hydrogen-bond acceptors (Lipinski definition) is 5. The summed E-state index contributed by atoms with van der Waals surface area (Å²) >= 11 is 0.421. The van der Waals surface area contributed by atoms with E-state index in [4.69, 9.17) is 0 Å². The fraction of sp³-hybridized carbons (Fsp3) is 0.600. The second-order valence-corrected chi connectivity index (χ2v) is 6.75. The summed E-state index contributed by atoms with van der Waals surface area (Å²) in [6.45, 7) is 1.27. The van der Waals surface area contributed by atoms with Crippen LogP contribution in [0.4, 0.5) is 13.2 Å². The molecule has 0 spiro atoms. The summed E-state index contributed by atoms with van der Waals surface area (Å²) in [6.07, 6.45) is 1.15. The van der Waals surface area contributed by atoms with Crippen molar-refractivity contribution in [3.8, 4) is 0 Å². The number of nitrogens with one attached hydrogen (secondary N) is 1. The van der Waals surface area contributed by atoms with Crippen LogP contribution in [0, 0.1) is 0 Å². The van der Waals surface area contributed by atoms with Crippen molar-refractivity contribution in [2.24, 2.45) is 0 Å². The van der Waals surface area contributed by atoms with Crippen molar-refractivity contribution in [1.82, 2.24) is 25.1 Å². The van der Waals surface area contributed by atoms with E-state index in [0.717, 1.165) is 42.8 Å². The van der Waals surface area contributed by atoms with Crippen LogP contribution in [0.2, 0.25) is 0 Å². The number of carbonyl (C=O) groups excluding carboxylic acids is 1. The summed E-state index contributed by atoms with van der Waals surface area (Å²) in [5.41, 5.74) is -0.200. The average molecular weight is 373 g/mol. The Morgan fingerprint density at radius 3 is 2.88 bits per heavy atom. The molecule has 0 saturated heterocycles. The molecule has 2 aromatic rings. The number of aryl methyl sites for hydroxylation is 2. The van der Waals surface area contributed by atoms with Gasteiger partial charge in [0.05, 0.1) is 0 Å². The van der Waals surface area contributed by atoms with Gasteiger partial charge in [0.15, 0.2) is 5.01 Å². The maximum absolute atomic E-state index is 12.5. The van der Waals surface area contributed by atoms with Gasteiger partial charge in [0.25, 0.3) is 5.91 Å². The predicted octanol–water partition coefficient (Wildman–Crippen LogP) is 2.84. The highest BCUT2D eigenvalue weighted by molar-refractivity contribution is 7.09. The summed E-state index contributed by atoms with van der Waals surface area (Å²) in [5, 5.41) is 11.1. The number of halogens is 3. The summed E-state index contributed by atoms with van der Waals surface area (Å²) in [7, 11) is 0. The maximum atomic E-state index is 12.5. The number of alkyl halides is 3. The van der Waals surface area contributed by atoms with E-state index in [0.29, 0.717) is 30.7 Å². The smallest absolute Gasteiger partial charge is 0.351 e. The van der Waals surface area contributed by atoms with Crippen LogP contribution in [0.25, 0.3) is 0 Å². The summed E-state index contributed by atoms with van der Waals surface area (Å²) in [5.74, 6) is 1.32. The van der Waals surface area contributed by atoms with Gasteiger partial charge in [-0.25, -0.2) is 4.98 Å². The SMILES string of the molecule is O=C(NCCCc1nnc2n1CCCCC2)c1csc(C(F)(F)F)n1. The molecule has 0 atom stereocenters. The first-order chi connectivity index (χ1) is 11.9. The molecular weight excluding hydrogens is 355 g/mol. The normalized spacial score (nSPS) is 14.8. The summed E-state index contributed by atoms with van der Waals surface area (Å²) in [4.78, 5) is 15.2. The van der Waals surface area contributed by atoms with Crippen LogP contribution < -0.4 is 5.32 Å². The van der Waals surface area contributed by atoms with Crippen LogP contribution in [0.3, 0.4) is 0 Å². The zero-order chi connectivity index (χ0) is 17.9. The topological polar surface area (TPSA) is 72.7 Å². The highest BCUT2D eigenvalue weighted by atomic mass is 32.1. The Morgan fingerprint density at radius 2 is 2.12 bits per heavy atom. The number of carbonyl (C=O) groups is 1. The van der Waals surface area contributed by atoms with E-state index in [9.17, 15) is 18.0 Å². The molecule has 0 aliphatic carbocycles. The maximum Gasteiger partial charge on any atom is 0.443 e. The molecule has 10 heteroatoms. The van der Waals surface area contributed by atoms with Crippen LogP contribution in [0.1, 0.15) is 52.8 Å². The third-order valence-electron chi connectivity index (χ3n) is 4.03. The van der Waals surface area contributed by atoms with E-state index < -0.39 is 17.1 Å². The minimum Gasteiger partial charge on any atom is -0.351 e. The van der Waals surface area contributed by atoms with Gasteiger partial charge in [-0.3, -0.25) is 4.79 Å². The second kappa shape index (κ2) is 7.51. The second-order valence-electron chi connectivity index (χ2n) is 5.89. The first kappa shape index (κ1) is 17.8. The van der Waals surface area contributed by atoms with Crippen molar-refractivity contribution in [3.63, 3.8) is 0 Å². The van der Waals surface area contributed by atoms with Crippen molar-refractivity contribution < 1.29 is 18.0 Å².